The summed E-state index contributed by atoms with van der Waals surface area (Å²) in [6, 6.07) is 7.89. The Balaban J connectivity index is 2.38. The lowest BCUT2D eigenvalue weighted by Crippen LogP contribution is -2.04. The highest BCUT2D eigenvalue weighted by Crippen LogP contribution is 2.27. The number of halogens is 1. The van der Waals surface area contributed by atoms with Gasteiger partial charge >= 0.3 is 0 Å². The summed E-state index contributed by atoms with van der Waals surface area (Å²) in [6.45, 7) is 3.98. The molecule has 1 aromatic carbocycles. The molecule has 0 amide bonds. The number of aryl methyl sites for hydroxylation is 1. The molecule has 1 heterocycles. The first-order valence-electron chi connectivity index (χ1n) is 6.12. The second kappa shape index (κ2) is 6.18. The highest BCUT2D eigenvalue weighted by Gasteiger charge is 2.11. The fourth-order valence-corrected chi connectivity index (χ4v) is 2.20. The Morgan fingerprint density at radius 1 is 1.32 bits per heavy atom. The van der Waals surface area contributed by atoms with Crippen LogP contribution < -0.4 is 10.1 Å². The molecular formula is C14H16IN3O. The molecule has 0 unspecified atom stereocenters. The number of benzene rings is 1. The molecule has 0 saturated heterocycles. The number of ether oxygens (including phenoxy) is 1. The van der Waals surface area contributed by atoms with E-state index in [1.54, 1.807) is 0 Å². The van der Waals surface area contributed by atoms with Gasteiger partial charge in [-0.1, -0.05) is 13.0 Å². The zero-order valence-electron chi connectivity index (χ0n) is 11.2. The van der Waals surface area contributed by atoms with Crippen LogP contribution in [0.5, 0.6) is 11.6 Å². The van der Waals surface area contributed by atoms with Gasteiger partial charge in [-0.05, 0) is 47.7 Å². The predicted molar refractivity (Wildman–Crippen MR) is 84.9 cm³/mol. The van der Waals surface area contributed by atoms with E-state index in [9.17, 15) is 0 Å². The minimum Gasteiger partial charge on any atom is -0.439 e. The van der Waals surface area contributed by atoms with E-state index < -0.39 is 0 Å². The van der Waals surface area contributed by atoms with Gasteiger partial charge in [-0.3, -0.25) is 0 Å². The maximum atomic E-state index is 5.88. The molecule has 0 spiro atoms. The van der Waals surface area contributed by atoms with Gasteiger partial charge < -0.3 is 10.1 Å². The van der Waals surface area contributed by atoms with Crippen molar-refractivity contribution in [1.29, 1.82) is 0 Å². The highest BCUT2D eigenvalue weighted by atomic mass is 127. The zero-order chi connectivity index (χ0) is 13.8. The summed E-state index contributed by atoms with van der Waals surface area (Å²) >= 11 is 2.26. The number of aromatic nitrogens is 2. The molecule has 100 valence electrons. The topological polar surface area (TPSA) is 47.0 Å². The maximum absolute atomic E-state index is 5.88. The van der Waals surface area contributed by atoms with E-state index in [-0.39, 0.29) is 0 Å². The van der Waals surface area contributed by atoms with Gasteiger partial charge in [0.25, 0.3) is 0 Å². The van der Waals surface area contributed by atoms with Crippen LogP contribution in [0.4, 0.5) is 5.82 Å². The van der Waals surface area contributed by atoms with Crippen molar-refractivity contribution >= 4 is 28.4 Å². The van der Waals surface area contributed by atoms with Gasteiger partial charge in [0.2, 0.25) is 5.88 Å². The van der Waals surface area contributed by atoms with E-state index in [1.807, 2.05) is 45.2 Å². The summed E-state index contributed by atoms with van der Waals surface area (Å²) in [7, 11) is 1.85. The molecule has 0 fully saturated rings. The van der Waals surface area contributed by atoms with Crippen LogP contribution in [0, 0.1) is 10.5 Å². The number of anilines is 1. The van der Waals surface area contributed by atoms with E-state index in [1.165, 1.54) is 0 Å². The third-order valence-corrected chi connectivity index (χ3v) is 3.38. The first-order valence-corrected chi connectivity index (χ1v) is 7.20. The molecule has 0 aliphatic rings. The molecule has 0 saturated carbocycles. The first kappa shape index (κ1) is 14.0. The fraction of sp³-hybridized carbons (Fsp3) is 0.286. The van der Waals surface area contributed by atoms with Crippen molar-refractivity contribution in [3.05, 3.63) is 39.2 Å². The lowest BCUT2D eigenvalue weighted by Gasteiger charge is -2.12. The quantitative estimate of drug-likeness (QED) is 0.834. The van der Waals surface area contributed by atoms with Crippen molar-refractivity contribution < 1.29 is 4.74 Å². The van der Waals surface area contributed by atoms with E-state index in [4.69, 9.17) is 4.74 Å². The second-order valence-electron chi connectivity index (χ2n) is 4.08. The largest absolute Gasteiger partial charge is 0.439 e. The number of hydrogen-bond acceptors (Lipinski definition) is 4. The van der Waals surface area contributed by atoms with Crippen LogP contribution >= 0.6 is 22.6 Å². The van der Waals surface area contributed by atoms with Crippen molar-refractivity contribution in [2.45, 2.75) is 20.3 Å². The number of hydrogen-bond donors (Lipinski definition) is 1. The Labute approximate surface area is 126 Å². The maximum Gasteiger partial charge on any atom is 0.227 e. The molecule has 2 rings (SSSR count). The Bertz CT molecular complexity index is 587. The summed E-state index contributed by atoms with van der Waals surface area (Å²) in [6.07, 6.45) is 0.775. The van der Waals surface area contributed by atoms with Gasteiger partial charge in [-0.25, -0.2) is 4.98 Å². The molecule has 1 aromatic heterocycles. The van der Waals surface area contributed by atoms with Crippen LogP contribution in [0.2, 0.25) is 0 Å². The third kappa shape index (κ3) is 3.34. The molecule has 1 N–H and O–H groups in total. The molecular weight excluding hydrogens is 353 g/mol. The predicted octanol–water partition coefficient (Wildman–Crippen LogP) is 3.79. The fourth-order valence-electron chi connectivity index (χ4n) is 1.68. The van der Waals surface area contributed by atoms with Gasteiger partial charge in [-0.2, -0.15) is 4.98 Å². The van der Waals surface area contributed by atoms with Crippen LogP contribution in [0.1, 0.15) is 18.3 Å². The van der Waals surface area contributed by atoms with Crippen molar-refractivity contribution in [2.24, 2.45) is 0 Å². The van der Waals surface area contributed by atoms with E-state index in [0.29, 0.717) is 5.88 Å². The molecule has 5 heteroatoms. The molecule has 0 atom stereocenters. The molecule has 2 aromatic rings. The smallest absolute Gasteiger partial charge is 0.227 e. The van der Waals surface area contributed by atoms with Gasteiger partial charge in [-0.15, -0.1) is 0 Å². The third-order valence-electron chi connectivity index (χ3n) is 2.71. The minimum atomic E-state index is 0.609. The Morgan fingerprint density at radius 3 is 2.74 bits per heavy atom. The molecule has 0 aliphatic carbocycles. The van der Waals surface area contributed by atoms with Gasteiger partial charge in [0.1, 0.15) is 17.4 Å². The Kier molecular flexibility index (Phi) is 4.57. The van der Waals surface area contributed by atoms with Crippen molar-refractivity contribution in [2.75, 3.05) is 12.4 Å². The van der Waals surface area contributed by atoms with Gasteiger partial charge in [0, 0.05) is 17.0 Å². The van der Waals surface area contributed by atoms with E-state index in [2.05, 4.69) is 37.9 Å². The average Bonchev–Trinajstić information content (AvgIpc) is 2.41. The van der Waals surface area contributed by atoms with Crippen LogP contribution in [-0.4, -0.2) is 17.0 Å². The zero-order valence-corrected chi connectivity index (χ0v) is 13.4. The van der Waals surface area contributed by atoms with Crippen LogP contribution in [0.3, 0.4) is 0 Å². The second-order valence-corrected chi connectivity index (χ2v) is 5.33. The summed E-state index contributed by atoms with van der Waals surface area (Å²) < 4.78 is 7.01. The summed E-state index contributed by atoms with van der Waals surface area (Å²) in [5.74, 6) is 2.99. The number of nitrogens with zero attached hydrogens (tertiary/aromatic N) is 2. The summed E-state index contributed by atoms with van der Waals surface area (Å²) in [5, 5.41) is 3.07. The minimum absolute atomic E-state index is 0.609. The van der Waals surface area contributed by atoms with Crippen molar-refractivity contribution in [1.82, 2.24) is 9.97 Å². The summed E-state index contributed by atoms with van der Waals surface area (Å²) in [4.78, 5) is 8.87. The van der Waals surface area contributed by atoms with Crippen LogP contribution in [0.25, 0.3) is 0 Å². The molecule has 0 radical (unpaired) electrons. The Morgan fingerprint density at radius 2 is 2.11 bits per heavy atom. The van der Waals surface area contributed by atoms with Gasteiger partial charge in [0.05, 0.1) is 5.56 Å². The summed E-state index contributed by atoms with van der Waals surface area (Å²) in [5.41, 5.74) is 0.915. The number of rotatable bonds is 4. The van der Waals surface area contributed by atoms with Crippen molar-refractivity contribution in [3.8, 4) is 11.6 Å². The average molecular weight is 369 g/mol. The Hall–Kier alpha value is -1.37. The number of nitrogens with one attached hydrogen (secondary N) is 1. The first-order chi connectivity index (χ1) is 9.13. The van der Waals surface area contributed by atoms with E-state index >= 15 is 0 Å². The highest BCUT2D eigenvalue weighted by molar-refractivity contribution is 14.1. The standard InChI is InChI=1S/C14H16IN3O/c1-4-12-17-13(16-3)9(2)14(18-12)19-11-7-5-6-10(15)8-11/h5-8H,4H2,1-3H3,(H,16,17,18). The molecule has 4 nitrogen and oxygen atoms in total. The molecule has 0 aliphatic heterocycles. The monoisotopic (exact) mass is 369 g/mol. The molecule has 0 bridgehead atoms. The van der Waals surface area contributed by atoms with Crippen LogP contribution in [0.15, 0.2) is 24.3 Å². The van der Waals surface area contributed by atoms with E-state index in [0.717, 1.165) is 32.9 Å². The lowest BCUT2D eigenvalue weighted by atomic mass is 10.3. The normalized spacial score (nSPS) is 10.3. The lowest BCUT2D eigenvalue weighted by molar-refractivity contribution is 0.455. The molecule has 19 heavy (non-hydrogen) atoms. The van der Waals surface area contributed by atoms with Crippen LogP contribution in [-0.2, 0) is 6.42 Å². The van der Waals surface area contributed by atoms with Crippen molar-refractivity contribution in [3.63, 3.8) is 0 Å². The van der Waals surface area contributed by atoms with Gasteiger partial charge in [0.15, 0.2) is 0 Å². The SMILES string of the molecule is CCc1nc(NC)c(C)c(Oc2cccc(I)c2)n1.